The molecule has 5 heteroatoms. The maximum absolute atomic E-state index is 12.7. The van der Waals surface area contributed by atoms with Crippen molar-refractivity contribution < 1.29 is 9.59 Å². The van der Waals surface area contributed by atoms with Gasteiger partial charge in [0.05, 0.1) is 11.6 Å². The maximum atomic E-state index is 12.7. The van der Waals surface area contributed by atoms with Crippen molar-refractivity contribution in [2.45, 2.75) is 33.6 Å². The Kier molecular flexibility index (Phi) is 5.05. The Morgan fingerprint density at radius 3 is 2.57 bits per heavy atom. The summed E-state index contributed by atoms with van der Waals surface area (Å²) >= 11 is 0. The van der Waals surface area contributed by atoms with Crippen LogP contribution in [0.15, 0.2) is 24.3 Å². The van der Waals surface area contributed by atoms with Crippen LogP contribution >= 0.6 is 0 Å². The number of nitrogens with zero attached hydrogens (tertiary/aromatic N) is 2. The molecule has 1 saturated heterocycles. The van der Waals surface area contributed by atoms with Crippen molar-refractivity contribution in [3.8, 4) is 6.07 Å². The highest BCUT2D eigenvalue weighted by Crippen LogP contribution is 2.25. The molecule has 5 nitrogen and oxygen atoms in total. The predicted octanol–water partition coefficient (Wildman–Crippen LogP) is 2.78. The lowest BCUT2D eigenvalue weighted by atomic mass is 9.88. The molecule has 0 atom stereocenters. The van der Waals surface area contributed by atoms with Crippen LogP contribution in [0, 0.1) is 22.7 Å². The number of rotatable bonds is 3. The van der Waals surface area contributed by atoms with Crippen LogP contribution in [-0.4, -0.2) is 29.8 Å². The van der Waals surface area contributed by atoms with Crippen LogP contribution in [0.2, 0.25) is 0 Å². The van der Waals surface area contributed by atoms with E-state index in [1.54, 1.807) is 43.0 Å². The first-order chi connectivity index (χ1) is 10.8. The Morgan fingerprint density at radius 2 is 1.96 bits per heavy atom. The normalized spacial score (nSPS) is 15.8. The monoisotopic (exact) mass is 313 g/mol. The number of hydrogen-bond acceptors (Lipinski definition) is 3. The number of piperidine rings is 1. The summed E-state index contributed by atoms with van der Waals surface area (Å²) in [5.74, 6) is 0.138. The topological polar surface area (TPSA) is 73.2 Å². The van der Waals surface area contributed by atoms with Gasteiger partial charge in [0.1, 0.15) is 5.41 Å². The SMILES string of the molecule is CC1CCN(C(=O)C(C)(C)C(=O)Nc2cccc(C#N)c2)CC1. The standard InChI is InChI=1S/C18H23N3O2/c1-13-7-9-21(10-8-13)17(23)18(2,3)16(22)20-15-6-4-5-14(11-15)12-19/h4-6,11,13H,7-10H2,1-3H3,(H,20,22). The molecule has 0 bridgehead atoms. The van der Waals surface area contributed by atoms with Crippen LogP contribution in [0.3, 0.4) is 0 Å². The molecule has 1 aromatic carbocycles. The van der Waals surface area contributed by atoms with E-state index in [4.69, 9.17) is 5.26 Å². The van der Waals surface area contributed by atoms with E-state index in [2.05, 4.69) is 12.2 Å². The molecule has 0 saturated carbocycles. The molecular weight excluding hydrogens is 290 g/mol. The highest BCUT2D eigenvalue weighted by Gasteiger charge is 2.39. The van der Waals surface area contributed by atoms with Crippen molar-refractivity contribution >= 4 is 17.5 Å². The van der Waals surface area contributed by atoms with Crippen LogP contribution < -0.4 is 5.32 Å². The van der Waals surface area contributed by atoms with Crippen molar-refractivity contribution in [1.82, 2.24) is 4.90 Å². The van der Waals surface area contributed by atoms with Crippen molar-refractivity contribution in [3.05, 3.63) is 29.8 Å². The maximum Gasteiger partial charge on any atom is 0.239 e. The summed E-state index contributed by atoms with van der Waals surface area (Å²) in [5.41, 5.74) is -0.136. The van der Waals surface area contributed by atoms with E-state index < -0.39 is 5.41 Å². The summed E-state index contributed by atoms with van der Waals surface area (Å²) in [6.07, 6.45) is 1.96. The zero-order valence-corrected chi connectivity index (χ0v) is 13.9. The molecular formula is C18H23N3O2. The van der Waals surface area contributed by atoms with Crippen molar-refractivity contribution in [3.63, 3.8) is 0 Å². The van der Waals surface area contributed by atoms with Gasteiger partial charge < -0.3 is 10.2 Å². The van der Waals surface area contributed by atoms with Gasteiger partial charge in [0.15, 0.2) is 0 Å². The quantitative estimate of drug-likeness (QED) is 0.872. The molecule has 0 unspecified atom stereocenters. The molecule has 1 fully saturated rings. The van der Waals surface area contributed by atoms with E-state index in [0.29, 0.717) is 30.3 Å². The second kappa shape index (κ2) is 6.82. The third-order valence-corrected chi connectivity index (χ3v) is 4.42. The smallest absolute Gasteiger partial charge is 0.239 e. The molecule has 1 aromatic rings. The van der Waals surface area contributed by atoms with Crippen LogP contribution in [-0.2, 0) is 9.59 Å². The highest BCUT2D eigenvalue weighted by atomic mass is 16.2. The second-order valence-electron chi connectivity index (χ2n) is 6.75. The lowest BCUT2D eigenvalue weighted by Gasteiger charge is -2.35. The summed E-state index contributed by atoms with van der Waals surface area (Å²) < 4.78 is 0. The molecule has 23 heavy (non-hydrogen) atoms. The molecule has 0 aromatic heterocycles. The van der Waals surface area contributed by atoms with Crippen LogP contribution in [0.4, 0.5) is 5.69 Å². The van der Waals surface area contributed by atoms with Gasteiger partial charge in [0.2, 0.25) is 11.8 Å². The first-order valence-electron chi connectivity index (χ1n) is 7.95. The lowest BCUT2D eigenvalue weighted by Crippen LogP contribution is -2.49. The molecule has 1 aliphatic rings. The van der Waals surface area contributed by atoms with Crippen molar-refractivity contribution in [2.24, 2.45) is 11.3 Å². The molecule has 1 N–H and O–H groups in total. The Hall–Kier alpha value is -2.35. The van der Waals surface area contributed by atoms with Gasteiger partial charge in [-0.15, -0.1) is 0 Å². The second-order valence-corrected chi connectivity index (χ2v) is 6.75. The number of likely N-dealkylation sites (tertiary alicyclic amines) is 1. The van der Waals surface area contributed by atoms with Gasteiger partial charge in [0.25, 0.3) is 0 Å². The van der Waals surface area contributed by atoms with Crippen LogP contribution in [0.1, 0.15) is 39.2 Å². The van der Waals surface area contributed by atoms with Gasteiger partial charge in [-0.1, -0.05) is 13.0 Å². The Bertz CT molecular complexity index is 638. The van der Waals surface area contributed by atoms with E-state index in [9.17, 15) is 9.59 Å². The minimum absolute atomic E-state index is 0.140. The highest BCUT2D eigenvalue weighted by molar-refractivity contribution is 6.09. The zero-order chi connectivity index (χ0) is 17.0. The molecule has 0 spiro atoms. The minimum atomic E-state index is -1.14. The largest absolute Gasteiger partial charge is 0.342 e. The Morgan fingerprint density at radius 1 is 1.30 bits per heavy atom. The molecule has 0 aliphatic carbocycles. The first-order valence-corrected chi connectivity index (χ1v) is 7.95. The Labute approximate surface area is 137 Å². The minimum Gasteiger partial charge on any atom is -0.342 e. The number of carbonyl (C=O) groups is 2. The molecule has 122 valence electrons. The van der Waals surface area contributed by atoms with Gasteiger partial charge in [-0.25, -0.2) is 0 Å². The average molecular weight is 313 g/mol. The number of amides is 2. The molecule has 0 radical (unpaired) electrons. The number of hydrogen-bond donors (Lipinski definition) is 1. The molecule has 2 amide bonds. The van der Waals surface area contributed by atoms with E-state index in [-0.39, 0.29) is 11.8 Å². The fourth-order valence-corrected chi connectivity index (χ4v) is 2.66. The van der Waals surface area contributed by atoms with E-state index >= 15 is 0 Å². The zero-order valence-electron chi connectivity index (χ0n) is 13.9. The fraction of sp³-hybridized carbons (Fsp3) is 0.500. The van der Waals surface area contributed by atoms with Crippen LogP contribution in [0.25, 0.3) is 0 Å². The van der Waals surface area contributed by atoms with Gasteiger partial charge in [-0.2, -0.15) is 5.26 Å². The van der Waals surface area contributed by atoms with E-state index in [0.717, 1.165) is 12.8 Å². The summed E-state index contributed by atoms with van der Waals surface area (Å²) in [4.78, 5) is 27.0. The third-order valence-electron chi connectivity index (χ3n) is 4.42. The number of carbonyl (C=O) groups excluding carboxylic acids is 2. The number of nitrogens with one attached hydrogen (secondary N) is 1. The predicted molar refractivity (Wildman–Crippen MR) is 88.5 cm³/mol. The van der Waals surface area contributed by atoms with Crippen LogP contribution in [0.5, 0.6) is 0 Å². The van der Waals surface area contributed by atoms with Crippen molar-refractivity contribution in [1.29, 1.82) is 5.26 Å². The number of anilines is 1. The molecule has 1 aliphatic heterocycles. The molecule has 2 rings (SSSR count). The summed E-state index contributed by atoms with van der Waals surface area (Å²) in [6.45, 7) is 6.90. The van der Waals surface area contributed by atoms with Crippen molar-refractivity contribution in [2.75, 3.05) is 18.4 Å². The average Bonchev–Trinajstić information content (AvgIpc) is 2.55. The third kappa shape index (κ3) is 3.89. The summed E-state index contributed by atoms with van der Waals surface area (Å²) in [6, 6.07) is 8.71. The first kappa shape index (κ1) is 17.0. The molecule has 1 heterocycles. The Balaban J connectivity index is 2.07. The number of benzene rings is 1. The number of nitriles is 1. The summed E-state index contributed by atoms with van der Waals surface area (Å²) in [7, 11) is 0. The lowest BCUT2D eigenvalue weighted by molar-refractivity contribution is -0.147. The summed E-state index contributed by atoms with van der Waals surface area (Å²) in [5, 5.41) is 11.7. The van der Waals surface area contributed by atoms with Gasteiger partial charge in [-0.3, -0.25) is 9.59 Å². The van der Waals surface area contributed by atoms with Gasteiger partial charge in [-0.05, 0) is 50.8 Å². The fourth-order valence-electron chi connectivity index (χ4n) is 2.66. The van der Waals surface area contributed by atoms with Gasteiger partial charge >= 0.3 is 0 Å². The van der Waals surface area contributed by atoms with E-state index in [1.165, 1.54) is 0 Å². The van der Waals surface area contributed by atoms with Gasteiger partial charge in [0, 0.05) is 18.8 Å². The van der Waals surface area contributed by atoms with E-state index in [1.807, 2.05) is 6.07 Å².